The summed E-state index contributed by atoms with van der Waals surface area (Å²) in [6.45, 7) is 4.59. The van der Waals surface area contributed by atoms with E-state index in [4.69, 9.17) is 9.72 Å². The van der Waals surface area contributed by atoms with Crippen LogP contribution < -0.4 is 0 Å². The summed E-state index contributed by atoms with van der Waals surface area (Å²) in [5.41, 5.74) is 6.10. The van der Waals surface area contributed by atoms with Gasteiger partial charge in [0.25, 0.3) is 0 Å². The number of alkyl halides is 1. The largest absolute Gasteiger partial charge is 0.440 e. The molecule has 0 amide bonds. The number of nitrogens with zero attached hydrogens (tertiary/aromatic N) is 1. The van der Waals surface area contributed by atoms with E-state index in [1.165, 1.54) is 60.2 Å². The monoisotopic (exact) mass is 564 g/mol. The molecule has 0 radical (unpaired) electrons. The van der Waals surface area contributed by atoms with Gasteiger partial charge in [-0.1, -0.05) is 55.4 Å². The van der Waals surface area contributed by atoms with Gasteiger partial charge in [0.05, 0.1) is 17.4 Å². The quantitative estimate of drug-likeness (QED) is 0.217. The molecule has 3 nitrogen and oxygen atoms in total. The highest BCUT2D eigenvalue weighted by molar-refractivity contribution is 14.1. The van der Waals surface area contributed by atoms with Gasteiger partial charge in [-0.25, -0.2) is 4.39 Å². The van der Waals surface area contributed by atoms with Crippen LogP contribution in [0.3, 0.4) is 0 Å². The third-order valence-corrected chi connectivity index (χ3v) is 10.5. The van der Waals surface area contributed by atoms with Crippen molar-refractivity contribution in [2.45, 2.75) is 106 Å². The van der Waals surface area contributed by atoms with Crippen molar-refractivity contribution in [1.29, 1.82) is 0 Å². The molecule has 0 saturated heterocycles. The van der Waals surface area contributed by atoms with E-state index in [0.29, 0.717) is 16.3 Å². The fourth-order valence-corrected chi connectivity index (χ4v) is 8.67. The van der Waals surface area contributed by atoms with Crippen LogP contribution >= 0.6 is 22.6 Å². The van der Waals surface area contributed by atoms with Crippen molar-refractivity contribution in [1.82, 2.24) is 4.98 Å². The van der Waals surface area contributed by atoms with E-state index in [-0.39, 0.29) is 35.0 Å². The summed E-state index contributed by atoms with van der Waals surface area (Å²) in [5, 5.41) is 9.24. The first kappa shape index (κ1) is 22.7. The van der Waals surface area contributed by atoms with Crippen LogP contribution in [0.2, 0.25) is 0 Å². The van der Waals surface area contributed by atoms with Crippen LogP contribution in [0, 0.1) is 11.3 Å². The molecule has 33 heavy (non-hydrogen) atoms. The molecule has 1 aromatic rings. The lowest BCUT2D eigenvalue weighted by molar-refractivity contribution is -0.0835. The fraction of sp³-hybridized carbons (Fsp3) is 0.679. The summed E-state index contributed by atoms with van der Waals surface area (Å²) >= 11 is 2.62. The Balaban J connectivity index is 1.60. The highest BCUT2D eigenvalue weighted by atomic mass is 127. The maximum Gasteiger partial charge on any atom is 0.182 e. The highest BCUT2D eigenvalue weighted by Crippen LogP contribution is 2.62. The third-order valence-electron chi connectivity index (χ3n) is 8.91. The Morgan fingerprint density at radius 1 is 1.15 bits per heavy atom. The van der Waals surface area contributed by atoms with Gasteiger partial charge in [0.15, 0.2) is 6.10 Å². The van der Waals surface area contributed by atoms with Crippen molar-refractivity contribution in [3.05, 3.63) is 52.1 Å². The number of halogens is 2. The molecule has 1 spiro atoms. The Hall–Kier alpha value is -0.790. The minimum atomic E-state index is -0.310. The Morgan fingerprint density at radius 2 is 1.94 bits per heavy atom. The zero-order valence-corrected chi connectivity index (χ0v) is 22.0. The predicted molar refractivity (Wildman–Crippen MR) is 138 cm³/mol. The van der Waals surface area contributed by atoms with E-state index >= 15 is 0 Å². The zero-order valence-electron chi connectivity index (χ0n) is 19.8. The van der Waals surface area contributed by atoms with Gasteiger partial charge in [0, 0.05) is 39.0 Å². The Morgan fingerprint density at radius 3 is 2.61 bits per heavy atom. The summed E-state index contributed by atoms with van der Waals surface area (Å²) in [4.78, 5) is 5.44. The molecule has 5 atom stereocenters. The van der Waals surface area contributed by atoms with Gasteiger partial charge in [0.1, 0.15) is 11.4 Å². The second-order valence-corrected chi connectivity index (χ2v) is 13.4. The summed E-state index contributed by atoms with van der Waals surface area (Å²) < 4.78 is 21.5. The number of pyridine rings is 1. The highest BCUT2D eigenvalue weighted by Gasteiger charge is 2.58. The summed E-state index contributed by atoms with van der Waals surface area (Å²) in [6, 6.07) is 0. The number of allylic oxidation sites excluding steroid dienone is 3. The van der Waals surface area contributed by atoms with Crippen LogP contribution in [0.4, 0.5) is 4.39 Å². The predicted octanol–water partition coefficient (Wildman–Crippen LogP) is 7.16. The molecule has 0 bridgehead atoms. The molecular formula is C28H36FINO2+. The van der Waals surface area contributed by atoms with Gasteiger partial charge in [0.2, 0.25) is 0 Å². The molecule has 5 aliphatic rings. The van der Waals surface area contributed by atoms with E-state index in [1.54, 1.807) is 12.2 Å². The maximum atomic E-state index is 13.9. The van der Waals surface area contributed by atoms with Crippen LogP contribution in [-0.4, -0.2) is 14.0 Å². The third kappa shape index (κ3) is 3.58. The van der Waals surface area contributed by atoms with Crippen molar-refractivity contribution >= 4 is 22.6 Å². The van der Waals surface area contributed by atoms with Crippen LogP contribution in [0.25, 0.3) is 0 Å². The molecule has 1 aliphatic heterocycles. The Kier molecular flexibility index (Phi) is 5.58. The molecule has 5 heteroatoms. The topological polar surface area (TPSA) is 45.0 Å². The number of fused-ring (bicyclic) bond motifs is 4. The maximum absolute atomic E-state index is 13.9. The Labute approximate surface area is 210 Å². The van der Waals surface area contributed by atoms with Crippen molar-refractivity contribution in [2.75, 3.05) is 0 Å². The van der Waals surface area contributed by atoms with E-state index < -0.39 is 0 Å². The molecule has 4 unspecified atom stereocenters. The molecule has 1 aromatic heterocycles. The fourth-order valence-electron chi connectivity index (χ4n) is 7.46. The van der Waals surface area contributed by atoms with Gasteiger partial charge in [-0.3, -0.25) is 4.98 Å². The Bertz CT molecular complexity index is 1030. The second-order valence-electron chi connectivity index (χ2n) is 11.9. The van der Waals surface area contributed by atoms with Crippen LogP contribution in [0.5, 0.6) is 0 Å². The molecule has 2 N–H and O–H groups in total. The van der Waals surface area contributed by atoms with Crippen molar-refractivity contribution in [3.63, 3.8) is 0 Å². The van der Waals surface area contributed by atoms with Crippen LogP contribution in [0.1, 0.15) is 118 Å². The van der Waals surface area contributed by atoms with Crippen molar-refractivity contribution in [3.8, 4) is 0 Å². The lowest BCUT2D eigenvalue weighted by Gasteiger charge is -2.37. The number of rotatable bonds is 2. The lowest BCUT2D eigenvalue weighted by Crippen LogP contribution is -2.35. The number of aromatic nitrogens is 1. The van der Waals surface area contributed by atoms with E-state index in [9.17, 15) is 9.50 Å². The number of hydrogen-bond acceptors (Lipinski definition) is 2. The molecule has 2 heterocycles. The second kappa shape index (κ2) is 8.12. The first-order valence-electron chi connectivity index (χ1n) is 12.9. The van der Waals surface area contributed by atoms with Gasteiger partial charge in [-0.05, 0) is 62.5 Å². The van der Waals surface area contributed by atoms with Gasteiger partial charge >= 0.3 is 0 Å². The molecule has 6 rings (SSSR count). The number of ether oxygens (including phenoxy) is 1. The average Bonchev–Trinajstić information content (AvgIpc) is 3.48. The first-order chi connectivity index (χ1) is 15.8. The SMILES string of the molecule is CC1(C)Cc2nc(C3CCCC3)c3c(c2C([OH2+])C1)C1(CCCC1I)O[C@@H]3C1C=CC(F)=CC1. The van der Waals surface area contributed by atoms with Gasteiger partial charge in [-0.15, -0.1) is 0 Å². The molecule has 0 aromatic carbocycles. The molecule has 2 saturated carbocycles. The molecule has 2 fully saturated rings. The average molecular weight is 565 g/mol. The standard InChI is InChI=1S/C28H35FINO2/c1-27(2)14-19-22(20(32)15-27)24-23(25(31-19)16-6-3-4-7-16)26(17-9-11-18(29)12-10-17)33-28(24)13-5-8-21(28)30/h9,11-12,16-17,20-21,26,32H,3-8,10,13-15H2,1-2H3/p+1/t17?,20?,21?,26-,28?/m1/s1. The minimum Gasteiger partial charge on any atom is -0.440 e. The smallest absolute Gasteiger partial charge is 0.182 e. The normalized spacial score (nSPS) is 37.4. The van der Waals surface area contributed by atoms with Crippen LogP contribution in [0.15, 0.2) is 24.1 Å². The van der Waals surface area contributed by atoms with E-state index in [2.05, 4.69) is 36.4 Å². The minimum absolute atomic E-state index is 0.0773. The summed E-state index contributed by atoms with van der Waals surface area (Å²) in [7, 11) is 0. The van der Waals surface area contributed by atoms with Crippen molar-refractivity contribution < 1.29 is 14.2 Å². The zero-order chi connectivity index (χ0) is 23.0. The molecule has 178 valence electrons. The first-order valence-corrected chi connectivity index (χ1v) is 14.2. The molecular weight excluding hydrogens is 528 g/mol. The summed E-state index contributed by atoms with van der Waals surface area (Å²) in [5.74, 6) is 0.490. The van der Waals surface area contributed by atoms with Gasteiger partial charge in [-0.2, -0.15) is 0 Å². The lowest BCUT2D eigenvalue weighted by atomic mass is 9.70. The number of hydrogen-bond donors (Lipinski definition) is 0. The molecule has 4 aliphatic carbocycles. The van der Waals surface area contributed by atoms with Crippen molar-refractivity contribution in [2.24, 2.45) is 11.3 Å². The van der Waals surface area contributed by atoms with E-state index in [1.807, 2.05) is 6.08 Å². The van der Waals surface area contributed by atoms with Gasteiger partial charge < -0.3 is 9.84 Å². The van der Waals surface area contributed by atoms with E-state index in [0.717, 1.165) is 25.7 Å². The van der Waals surface area contributed by atoms with Crippen LogP contribution in [-0.2, 0) is 16.8 Å². The summed E-state index contributed by atoms with van der Waals surface area (Å²) in [6.07, 6.45) is 15.8.